The summed E-state index contributed by atoms with van der Waals surface area (Å²) >= 11 is 0. The van der Waals surface area contributed by atoms with E-state index in [0.717, 1.165) is 94.9 Å². The van der Waals surface area contributed by atoms with Crippen LogP contribution in [-0.2, 0) is 0 Å². The second-order valence-corrected chi connectivity index (χ2v) is 10.0. The number of piperidine rings is 1. The third kappa shape index (κ3) is 4.80. The minimum Gasteiger partial charge on any atom is -0.384 e. The minimum atomic E-state index is -0.287. The Morgan fingerprint density at radius 1 is 1.05 bits per heavy atom. The van der Waals surface area contributed by atoms with Crippen molar-refractivity contribution in [1.29, 1.82) is 0 Å². The van der Waals surface area contributed by atoms with Gasteiger partial charge in [0.15, 0.2) is 0 Å². The first-order valence-electron chi connectivity index (χ1n) is 12.8. The fourth-order valence-electron chi connectivity index (χ4n) is 5.13. The number of benzene rings is 1. The molecule has 6 rings (SSSR count). The smallest absolute Gasteiger partial charge is 0.135 e. The number of pyridine rings is 2. The molecule has 0 spiro atoms. The summed E-state index contributed by atoms with van der Waals surface area (Å²) in [5, 5.41) is 15.4. The van der Waals surface area contributed by atoms with Crippen molar-refractivity contribution >= 4 is 27.6 Å². The van der Waals surface area contributed by atoms with Crippen LogP contribution in [0.15, 0.2) is 48.8 Å². The van der Waals surface area contributed by atoms with Crippen molar-refractivity contribution < 1.29 is 4.39 Å². The number of H-pyrrole nitrogens is 2. The van der Waals surface area contributed by atoms with Crippen LogP contribution in [0.3, 0.4) is 0 Å². The zero-order valence-electron chi connectivity index (χ0n) is 21.1. The van der Waals surface area contributed by atoms with Gasteiger partial charge in [0.25, 0.3) is 0 Å². The summed E-state index contributed by atoms with van der Waals surface area (Å²) in [5.41, 5.74) is 7.75. The molecule has 5 aromatic rings. The fourth-order valence-corrected chi connectivity index (χ4v) is 5.13. The van der Waals surface area contributed by atoms with Gasteiger partial charge in [-0.2, -0.15) is 5.10 Å². The number of nitrogens with zero attached hydrogens (tertiary/aromatic N) is 4. The Hall–Kier alpha value is -3.82. The lowest BCUT2D eigenvalue weighted by Gasteiger charge is -2.22. The molecule has 9 heteroatoms. The minimum absolute atomic E-state index is 0.287. The van der Waals surface area contributed by atoms with E-state index < -0.39 is 0 Å². The number of nitrogens with one attached hydrogen (secondary N) is 4. The number of fused-ring (bicyclic) bond motifs is 2. The Kier molecular flexibility index (Phi) is 6.31. The number of aromatic amines is 2. The largest absolute Gasteiger partial charge is 0.384 e. The third-order valence-corrected chi connectivity index (χ3v) is 7.08. The number of hydrogen-bond acceptors (Lipinski definition) is 6. The summed E-state index contributed by atoms with van der Waals surface area (Å²) in [6.07, 6.45) is 5.76. The summed E-state index contributed by atoms with van der Waals surface area (Å²) in [4.78, 5) is 15.0. The van der Waals surface area contributed by atoms with E-state index in [1.54, 1.807) is 18.5 Å². The molecule has 190 valence electrons. The predicted octanol–water partition coefficient (Wildman–Crippen LogP) is 4.75. The maximum atomic E-state index is 14.6. The van der Waals surface area contributed by atoms with Crippen LogP contribution in [0.4, 0.5) is 10.1 Å². The third-order valence-electron chi connectivity index (χ3n) is 7.08. The second-order valence-electron chi connectivity index (χ2n) is 10.0. The first-order chi connectivity index (χ1) is 18.0. The van der Waals surface area contributed by atoms with Gasteiger partial charge < -0.3 is 20.5 Å². The van der Waals surface area contributed by atoms with Crippen molar-refractivity contribution in [3.05, 3.63) is 60.3 Å². The maximum Gasteiger partial charge on any atom is 0.135 e. The van der Waals surface area contributed by atoms with Gasteiger partial charge in [-0.1, -0.05) is 0 Å². The number of anilines is 1. The van der Waals surface area contributed by atoms with Crippen LogP contribution < -0.4 is 10.6 Å². The first-order valence-corrected chi connectivity index (χ1v) is 12.8. The Balaban J connectivity index is 1.37. The molecule has 1 aliphatic heterocycles. The van der Waals surface area contributed by atoms with Gasteiger partial charge in [-0.3, -0.25) is 10.1 Å². The Morgan fingerprint density at radius 2 is 1.92 bits per heavy atom. The summed E-state index contributed by atoms with van der Waals surface area (Å²) < 4.78 is 14.6. The Morgan fingerprint density at radius 3 is 2.76 bits per heavy atom. The van der Waals surface area contributed by atoms with Crippen molar-refractivity contribution in [3.8, 4) is 22.5 Å². The van der Waals surface area contributed by atoms with E-state index >= 15 is 0 Å². The molecule has 0 saturated carbocycles. The monoisotopic (exact) mass is 498 g/mol. The molecule has 4 N–H and O–H groups in total. The molecule has 0 unspecified atom stereocenters. The summed E-state index contributed by atoms with van der Waals surface area (Å²) in [7, 11) is 4.03. The molecule has 37 heavy (non-hydrogen) atoms. The SMILES string of the molecule is CN(C)CCNc1cc(F)cc(-c2cncc3[nH]c(-c4n[nH]c5ccc(C6CCNCC6)nc45)cc23)c1. The molecule has 0 amide bonds. The Labute approximate surface area is 214 Å². The summed E-state index contributed by atoms with van der Waals surface area (Å²) in [5.74, 6) is 0.172. The summed E-state index contributed by atoms with van der Waals surface area (Å²) in [6.45, 7) is 3.63. The quantitative estimate of drug-likeness (QED) is 0.259. The fraction of sp³-hybridized carbons (Fsp3) is 0.321. The van der Waals surface area contributed by atoms with E-state index in [2.05, 4.69) is 53.9 Å². The van der Waals surface area contributed by atoms with Crippen LogP contribution in [-0.4, -0.2) is 70.3 Å². The van der Waals surface area contributed by atoms with Crippen LogP contribution in [0.2, 0.25) is 0 Å². The topological polar surface area (TPSA) is 97.5 Å². The molecule has 0 bridgehead atoms. The zero-order chi connectivity index (χ0) is 25.4. The highest BCUT2D eigenvalue weighted by molar-refractivity contribution is 6.00. The lowest BCUT2D eigenvalue weighted by molar-refractivity contribution is 0.425. The normalized spacial score (nSPS) is 14.7. The molecular weight excluding hydrogens is 467 g/mol. The summed E-state index contributed by atoms with van der Waals surface area (Å²) in [6, 6.07) is 11.3. The Bertz CT molecular complexity index is 1550. The lowest BCUT2D eigenvalue weighted by atomic mass is 9.94. The van der Waals surface area contributed by atoms with Crippen molar-refractivity contribution in [3.63, 3.8) is 0 Å². The molecule has 8 nitrogen and oxygen atoms in total. The molecule has 1 saturated heterocycles. The van der Waals surface area contributed by atoms with E-state index in [0.29, 0.717) is 5.92 Å². The molecule has 1 aromatic carbocycles. The van der Waals surface area contributed by atoms with Crippen molar-refractivity contribution in [2.24, 2.45) is 0 Å². The molecule has 4 aromatic heterocycles. The molecular formula is C28H31FN8. The van der Waals surface area contributed by atoms with E-state index in [1.807, 2.05) is 20.2 Å². The van der Waals surface area contributed by atoms with Crippen LogP contribution in [0.5, 0.6) is 0 Å². The molecule has 0 aliphatic carbocycles. The van der Waals surface area contributed by atoms with Gasteiger partial charge in [-0.05, 0) is 82.0 Å². The molecule has 5 heterocycles. The maximum absolute atomic E-state index is 14.6. The van der Waals surface area contributed by atoms with E-state index in [4.69, 9.17) is 4.98 Å². The zero-order valence-corrected chi connectivity index (χ0v) is 21.1. The molecule has 1 aliphatic rings. The van der Waals surface area contributed by atoms with Crippen LogP contribution in [0, 0.1) is 5.82 Å². The van der Waals surface area contributed by atoms with Gasteiger partial charge in [0.2, 0.25) is 0 Å². The van der Waals surface area contributed by atoms with Gasteiger partial charge >= 0.3 is 0 Å². The number of rotatable bonds is 7. The van der Waals surface area contributed by atoms with E-state index in [9.17, 15) is 4.39 Å². The van der Waals surface area contributed by atoms with Crippen molar-refractivity contribution in [2.75, 3.05) is 45.6 Å². The van der Waals surface area contributed by atoms with E-state index in [1.165, 1.54) is 6.07 Å². The standard InChI is InChI=1S/C28H31FN8/c1-37(2)10-9-32-20-12-18(11-19(29)13-20)22-15-31-16-26-21(22)14-25(33-26)28-27-24(35-36-28)4-3-23(34-27)17-5-7-30-8-6-17/h3-4,11-17,30,32-33H,5-10H2,1-2H3,(H,35,36). The van der Waals surface area contributed by atoms with Gasteiger partial charge in [0, 0.05) is 47.5 Å². The van der Waals surface area contributed by atoms with Gasteiger partial charge in [0.1, 0.15) is 17.0 Å². The van der Waals surface area contributed by atoms with Gasteiger partial charge in [-0.15, -0.1) is 0 Å². The van der Waals surface area contributed by atoms with Crippen molar-refractivity contribution in [1.82, 2.24) is 35.4 Å². The lowest BCUT2D eigenvalue weighted by Crippen LogP contribution is -2.27. The van der Waals surface area contributed by atoms with Crippen LogP contribution in [0.1, 0.15) is 24.5 Å². The van der Waals surface area contributed by atoms with E-state index in [-0.39, 0.29) is 5.82 Å². The van der Waals surface area contributed by atoms with Gasteiger partial charge in [0.05, 0.1) is 22.9 Å². The van der Waals surface area contributed by atoms with Gasteiger partial charge in [-0.25, -0.2) is 9.37 Å². The molecule has 1 fully saturated rings. The predicted molar refractivity (Wildman–Crippen MR) is 146 cm³/mol. The number of aromatic nitrogens is 5. The average Bonchev–Trinajstić information content (AvgIpc) is 3.52. The second kappa shape index (κ2) is 9.91. The van der Waals surface area contributed by atoms with Crippen LogP contribution >= 0.6 is 0 Å². The highest BCUT2D eigenvalue weighted by atomic mass is 19.1. The average molecular weight is 499 g/mol. The van der Waals surface area contributed by atoms with Crippen LogP contribution in [0.25, 0.3) is 44.5 Å². The number of likely N-dealkylation sites (N-methyl/N-ethyl adjacent to an activating group) is 1. The highest BCUT2D eigenvalue weighted by Gasteiger charge is 2.20. The highest BCUT2D eigenvalue weighted by Crippen LogP contribution is 2.35. The van der Waals surface area contributed by atoms with Crippen molar-refractivity contribution in [2.45, 2.75) is 18.8 Å². The first kappa shape index (κ1) is 23.6. The number of halogens is 1. The molecule has 0 atom stereocenters. The number of hydrogen-bond donors (Lipinski definition) is 4. The molecule has 0 radical (unpaired) electrons.